The molecular weight excluding hydrogens is 248 g/mol. The summed E-state index contributed by atoms with van der Waals surface area (Å²) < 4.78 is 0. The molecule has 0 aliphatic rings. The van der Waals surface area contributed by atoms with Crippen molar-refractivity contribution < 1.29 is 24.9 Å². The quantitative estimate of drug-likeness (QED) is 0.577. The van der Waals surface area contributed by atoms with Gasteiger partial charge in [-0.3, -0.25) is 9.59 Å². The van der Waals surface area contributed by atoms with Crippen molar-refractivity contribution in [3.63, 3.8) is 0 Å². The molecule has 0 heterocycles. The molecule has 0 aliphatic heterocycles. The molecule has 2 aromatic rings. The van der Waals surface area contributed by atoms with Crippen LogP contribution in [0.5, 0.6) is 17.2 Å². The Labute approximate surface area is 108 Å². The summed E-state index contributed by atoms with van der Waals surface area (Å²) in [6, 6.07) is 8.56. The van der Waals surface area contributed by atoms with Crippen LogP contribution in [0.2, 0.25) is 0 Å². The summed E-state index contributed by atoms with van der Waals surface area (Å²) in [5.41, 5.74) is -0.0776. The molecule has 0 atom stereocenters. The van der Waals surface area contributed by atoms with Crippen molar-refractivity contribution in [1.82, 2.24) is 0 Å². The summed E-state index contributed by atoms with van der Waals surface area (Å²) in [6.45, 7) is 0. The van der Waals surface area contributed by atoms with E-state index in [0.717, 1.165) is 6.07 Å². The number of carbonyl (C=O) groups is 2. The minimum Gasteiger partial charge on any atom is -0.508 e. The highest BCUT2D eigenvalue weighted by Crippen LogP contribution is 2.24. The number of aromatic hydroxyl groups is 3. The van der Waals surface area contributed by atoms with Gasteiger partial charge >= 0.3 is 0 Å². The lowest BCUT2D eigenvalue weighted by molar-refractivity contribution is 0.0815. The van der Waals surface area contributed by atoms with Gasteiger partial charge in [0.2, 0.25) is 11.6 Å². The number of rotatable bonds is 3. The molecule has 0 radical (unpaired) electrons. The molecule has 96 valence electrons. The second-order valence-electron chi connectivity index (χ2n) is 3.91. The van der Waals surface area contributed by atoms with Crippen molar-refractivity contribution in [2.75, 3.05) is 0 Å². The fraction of sp³-hybridized carbons (Fsp3) is 0. The van der Waals surface area contributed by atoms with Gasteiger partial charge < -0.3 is 15.3 Å². The van der Waals surface area contributed by atoms with Gasteiger partial charge in [0.05, 0.1) is 5.56 Å². The second-order valence-corrected chi connectivity index (χ2v) is 3.91. The third kappa shape index (κ3) is 2.55. The van der Waals surface area contributed by atoms with E-state index in [0.29, 0.717) is 0 Å². The molecule has 0 bridgehead atoms. The van der Waals surface area contributed by atoms with Crippen molar-refractivity contribution in [1.29, 1.82) is 0 Å². The molecule has 0 unspecified atom stereocenters. The number of hydrogen-bond acceptors (Lipinski definition) is 5. The Morgan fingerprint density at radius 3 is 1.89 bits per heavy atom. The van der Waals surface area contributed by atoms with E-state index in [9.17, 15) is 14.7 Å². The largest absolute Gasteiger partial charge is 0.508 e. The number of hydrogen-bond donors (Lipinski definition) is 3. The number of ketones is 2. The van der Waals surface area contributed by atoms with Crippen LogP contribution in [0.3, 0.4) is 0 Å². The Balaban J connectivity index is 2.33. The first-order valence-corrected chi connectivity index (χ1v) is 5.39. The van der Waals surface area contributed by atoms with E-state index in [2.05, 4.69) is 0 Å². The Hall–Kier alpha value is -2.82. The summed E-state index contributed by atoms with van der Waals surface area (Å²) in [7, 11) is 0. The number of Topliss-reactive ketones (excluding diaryl/α,β-unsaturated/α-hetero) is 2. The number of phenolic OH excluding ortho intramolecular Hbond substituents is 3. The summed E-state index contributed by atoms with van der Waals surface area (Å²) in [4.78, 5) is 23.8. The van der Waals surface area contributed by atoms with E-state index in [1.165, 1.54) is 36.4 Å². The lowest BCUT2D eigenvalue weighted by atomic mass is 10.0. The highest BCUT2D eigenvalue weighted by Gasteiger charge is 2.21. The summed E-state index contributed by atoms with van der Waals surface area (Å²) in [6.07, 6.45) is 0. The van der Waals surface area contributed by atoms with Gasteiger partial charge in [-0.15, -0.1) is 0 Å². The van der Waals surface area contributed by atoms with E-state index in [4.69, 9.17) is 10.2 Å². The molecule has 0 fully saturated rings. The first kappa shape index (κ1) is 12.6. The molecule has 3 N–H and O–H groups in total. The van der Waals surface area contributed by atoms with Gasteiger partial charge in [0.15, 0.2) is 0 Å². The van der Waals surface area contributed by atoms with Gasteiger partial charge in [-0.05, 0) is 36.4 Å². The van der Waals surface area contributed by atoms with Crippen LogP contribution in [0.15, 0.2) is 42.5 Å². The van der Waals surface area contributed by atoms with Crippen LogP contribution in [0.1, 0.15) is 20.7 Å². The van der Waals surface area contributed by atoms with Crippen LogP contribution in [0.4, 0.5) is 0 Å². The molecule has 0 saturated carbocycles. The van der Waals surface area contributed by atoms with Crippen LogP contribution >= 0.6 is 0 Å². The maximum absolute atomic E-state index is 11.9. The van der Waals surface area contributed by atoms with E-state index in [-0.39, 0.29) is 22.6 Å². The summed E-state index contributed by atoms with van der Waals surface area (Å²) in [5, 5.41) is 27.8. The van der Waals surface area contributed by atoms with Crippen LogP contribution in [-0.2, 0) is 0 Å². The average Bonchev–Trinajstić information content (AvgIpc) is 2.38. The molecule has 0 aromatic heterocycles. The fourth-order valence-corrected chi connectivity index (χ4v) is 1.58. The van der Waals surface area contributed by atoms with Crippen LogP contribution in [0, 0.1) is 0 Å². The maximum Gasteiger partial charge on any atom is 0.237 e. The molecule has 0 amide bonds. The molecule has 0 aliphatic carbocycles. The van der Waals surface area contributed by atoms with Gasteiger partial charge in [0.25, 0.3) is 0 Å². The third-order valence-electron chi connectivity index (χ3n) is 2.56. The van der Waals surface area contributed by atoms with E-state index in [1.807, 2.05) is 0 Å². The number of phenols is 3. The average molecular weight is 258 g/mol. The SMILES string of the molecule is O=C(C(=O)c1ccc(O)cc1O)c1ccc(O)cc1. The molecule has 2 aromatic carbocycles. The first-order valence-electron chi connectivity index (χ1n) is 5.39. The summed E-state index contributed by atoms with van der Waals surface area (Å²) >= 11 is 0. The zero-order valence-electron chi connectivity index (χ0n) is 9.70. The van der Waals surface area contributed by atoms with Gasteiger partial charge in [0, 0.05) is 11.6 Å². The zero-order valence-corrected chi connectivity index (χ0v) is 9.70. The van der Waals surface area contributed by atoms with Crippen molar-refractivity contribution in [2.24, 2.45) is 0 Å². The molecule has 0 spiro atoms. The van der Waals surface area contributed by atoms with Gasteiger partial charge in [0.1, 0.15) is 17.2 Å². The smallest absolute Gasteiger partial charge is 0.237 e. The summed E-state index contributed by atoms with van der Waals surface area (Å²) in [5.74, 6) is -2.37. The highest BCUT2D eigenvalue weighted by atomic mass is 16.3. The first-order chi connectivity index (χ1) is 8.99. The molecule has 5 nitrogen and oxygen atoms in total. The van der Waals surface area contributed by atoms with Crippen molar-refractivity contribution >= 4 is 11.6 Å². The maximum atomic E-state index is 11.9. The fourth-order valence-electron chi connectivity index (χ4n) is 1.58. The number of benzene rings is 2. The third-order valence-corrected chi connectivity index (χ3v) is 2.56. The molecule has 19 heavy (non-hydrogen) atoms. The predicted molar refractivity (Wildman–Crippen MR) is 66.5 cm³/mol. The van der Waals surface area contributed by atoms with E-state index in [1.54, 1.807) is 0 Å². The molecule has 2 rings (SSSR count). The van der Waals surface area contributed by atoms with E-state index >= 15 is 0 Å². The van der Waals surface area contributed by atoms with Gasteiger partial charge in [-0.25, -0.2) is 0 Å². The molecular formula is C14H10O5. The zero-order chi connectivity index (χ0) is 14.0. The van der Waals surface area contributed by atoms with E-state index < -0.39 is 17.3 Å². The van der Waals surface area contributed by atoms with Crippen molar-refractivity contribution in [2.45, 2.75) is 0 Å². The lowest BCUT2D eigenvalue weighted by Crippen LogP contribution is -2.14. The van der Waals surface area contributed by atoms with Crippen molar-refractivity contribution in [3.8, 4) is 17.2 Å². The Morgan fingerprint density at radius 2 is 1.32 bits per heavy atom. The Bertz CT molecular complexity index is 643. The molecule has 0 saturated heterocycles. The van der Waals surface area contributed by atoms with Gasteiger partial charge in [-0.1, -0.05) is 0 Å². The lowest BCUT2D eigenvalue weighted by Gasteiger charge is -2.04. The number of carbonyl (C=O) groups excluding carboxylic acids is 2. The highest BCUT2D eigenvalue weighted by molar-refractivity contribution is 6.49. The Morgan fingerprint density at radius 1 is 0.737 bits per heavy atom. The van der Waals surface area contributed by atoms with Gasteiger partial charge in [-0.2, -0.15) is 0 Å². The van der Waals surface area contributed by atoms with Crippen LogP contribution < -0.4 is 0 Å². The minimum atomic E-state index is -0.886. The second kappa shape index (κ2) is 4.81. The predicted octanol–water partition coefficient (Wildman–Crippen LogP) is 1.87. The topological polar surface area (TPSA) is 94.8 Å². The molecule has 5 heteroatoms. The van der Waals surface area contributed by atoms with Crippen LogP contribution in [-0.4, -0.2) is 26.9 Å². The normalized spacial score (nSPS) is 10.1. The standard InChI is InChI=1S/C14H10O5/c15-9-3-1-8(2-4-9)13(18)14(19)11-6-5-10(16)7-12(11)17/h1-7,15-17H. The Kier molecular flexibility index (Phi) is 3.20. The van der Waals surface area contributed by atoms with Crippen LogP contribution in [0.25, 0.3) is 0 Å². The van der Waals surface area contributed by atoms with Crippen molar-refractivity contribution in [3.05, 3.63) is 53.6 Å². The monoisotopic (exact) mass is 258 g/mol. The minimum absolute atomic E-state index is 0.0171.